The molecule has 0 N–H and O–H groups in total. The van der Waals surface area contributed by atoms with E-state index in [-0.39, 0.29) is 0 Å². The largest absolute Gasteiger partial charge is 0.192 e. The standard InChI is InChI=1S/C7H6BrNS/c1-5(8)7-3-2-6(4-9)10-7/h2-3,5H,1H3. The zero-order chi connectivity index (χ0) is 7.56. The molecule has 1 aromatic rings. The van der Waals surface area contributed by atoms with Crippen LogP contribution in [0.1, 0.15) is 21.5 Å². The minimum absolute atomic E-state index is 0.361. The molecule has 1 aromatic heterocycles. The SMILES string of the molecule is CC(Br)c1ccc(C#N)s1. The molecule has 0 fully saturated rings. The number of hydrogen-bond donors (Lipinski definition) is 0. The summed E-state index contributed by atoms with van der Waals surface area (Å²) in [6.07, 6.45) is 0. The smallest absolute Gasteiger partial charge is 0.110 e. The van der Waals surface area contributed by atoms with Crippen molar-refractivity contribution in [1.29, 1.82) is 5.26 Å². The third-order valence-electron chi connectivity index (χ3n) is 1.13. The molecule has 0 saturated carbocycles. The Balaban J connectivity index is 2.91. The third kappa shape index (κ3) is 1.59. The maximum Gasteiger partial charge on any atom is 0.110 e. The zero-order valence-electron chi connectivity index (χ0n) is 5.47. The highest BCUT2D eigenvalue weighted by atomic mass is 79.9. The van der Waals surface area contributed by atoms with E-state index in [9.17, 15) is 0 Å². The summed E-state index contributed by atoms with van der Waals surface area (Å²) < 4.78 is 0. The summed E-state index contributed by atoms with van der Waals surface area (Å²) in [7, 11) is 0. The Kier molecular flexibility index (Phi) is 2.47. The van der Waals surface area contributed by atoms with Crippen LogP contribution in [-0.2, 0) is 0 Å². The molecule has 0 bridgehead atoms. The summed E-state index contributed by atoms with van der Waals surface area (Å²) in [5.74, 6) is 0. The summed E-state index contributed by atoms with van der Waals surface area (Å²) >= 11 is 4.96. The fourth-order valence-corrected chi connectivity index (χ4v) is 1.79. The van der Waals surface area contributed by atoms with Crippen molar-refractivity contribution in [3.63, 3.8) is 0 Å². The Morgan fingerprint density at radius 3 is 2.70 bits per heavy atom. The number of halogens is 1. The molecule has 0 spiro atoms. The molecule has 0 radical (unpaired) electrons. The van der Waals surface area contributed by atoms with Gasteiger partial charge in [0, 0.05) is 9.70 Å². The second-order valence-electron chi connectivity index (χ2n) is 1.93. The lowest BCUT2D eigenvalue weighted by Crippen LogP contribution is -1.71. The van der Waals surface area contributed by atoms with E-state index in [1.54, 1.807) is 0 Å². The Labute approximate surface area is 72.4 Å². The molecule has 0 aliphatic carbocycles. The maximum absolute atomic E-state index is 8.48. The van der Waals surface area contributed by atoms with Gasteiger partial charge in [-0.05, 0) is 19.1 Å². The van der Waals surface area contributed by atoms with Crippen LogP contribution < -0.4 is 0 Å². The zero-order valence-corrected chi connectivity index (χ0v) is 7.87. The molecule has 0 amide bonds. The van der Waals surface area contributed by atoms with Crippen molar-refractivity contribution in [3.05, 3.63) is 21.9 Å². The van der Waals surface area contributed by atoms with Crippen molar-refractivity contribution in [2.45, 2.75) is 11.8 Å². The number of hydrogen-bond acceptors (Lipinski definition) is 2. The molecule has 1 heterocycles. The van der Waals surface area contributed by atoms with Crippen LogP contribution in [0.5, 0.6) is 0 Å². The summed E-state index contributed by atoms with van der Waals surface area (Å²) in [5, 5.41) is 8.48. The predicted molar refractivity (Wildman–Crippen MR) is 46.4 cm³/mol. The highest BCUT2D eigenvalue weighted by Crippen LogP contribution is 2.28. The molecule has 10 heavy (non-hydrogen) atoms. The van der Waals surface area contributed by atoms with Crippen LogP contribution in [-0.4, -0.2) is 0 Å². The fraction of sp³-hybridized carbons (Fsp3) is 0.286. The molecule has 1 rings (SSSR count). The number of nitrogens with zero attached hydrogens (tertiary/aromatic N) is 1. The van der Waals surface area contributed by atoms with Crippen LogP contribution in [0, 0.1) is 11.3 Å². The Hall–Kier alpha value is -0.330. The van der Waals surface area contributed by atoms with E-state index in [1.807, 2.05) is 19.1 Å². The first-order chi connectivity index (χ1) is 4.74. The van der Waals surface area contributed by atoms with Gasteiger partial charge in [0.25, 0.3) is 0 Å². The number of rotatable bonds is 1. The summed E-state index contributed by atoms with van der Waals surface area (Å²) in [6, 6.07) is 5.92. The molecular weight excluding hydrogens is 210 g/mol. The summed E-state index contributed by atoms with van der Waals surface area (Å²) in [5.41, 5.74) is 0. The van der Waals surface area contributed by atoms with Gasteiger partial charge in [-0.25, -0.2) is 0 Å². The Morgan fingerprint density at radius 2 is 2.40 bits per heavy atom. The molecule has 3 heteroatoms. The lowest BCUT2D eigenvalue weighted by atomic mass is 10.4. The van der Waals surface area contributed by atoms with Gasteiger partial charge in [0.15, 0.2) is 0 Å². The topological polar surface area (TPSA) is 23.8 Å². The van der Waals surface area contributed by atoms with Crippen LogP contribution in [0.25, 0.3) is 0 Å². The van der Waals surface area contributed by atoms with E-state index in [0.717, 1.165) is 4.88 Å². The number of thiophene rings is 1. The van der Waals surface area contributed by atoms with E-state index in [1.165, 1.54) is 16.2 Å². The van der Waals surface area contributed by atoms with E-state index < -0.39 is 0 Å². The third-order valence-corrected chi connectivity index (χ3v) is 3.10. The van der Waals surface area contributed by atoms with Gasteiger partial charge in [-0.1, -0.05) is 15.9 Å². The van der Waals surface area contributed by atoms with Gasteiger partial charge < -0.3 is 0 Å². The van der Waals surface area contributed by atoms with Crippen LogP contribution in [0.4, 0.5) is 0 Å². The molecule has 1 unspecified atom stereocenters. The van der Waals surface area contributed by atoms with Crippen molar-refractivity contribution in [2.75, 3.05) is 0 Å². The van der Waals surface area contributed by atoms with Gasteiger partial charge in [0.05, 0.1) is 0 Å². The van der Waals surface area contributed by atoms with E-state index in [0.29, 0.717) is 4.83 Å². The molecule has 0 aromatic carbocycles. The van der Waals surface area contributed by atoms with Gasteiger partial charge in [-0.3, -0.25) is 0 Å². The first kappa shape index (κ1) is 7.77. The van der Waals surface area contributed by atoms with Crippen molar-refractivity contribution in [1.82, 2.24) is 0 Å². The van der Waals surface area contributed by atoms with Gasteiger partial charge in [0.1, 0.15) is 10.9 Å². The molecule has 0 aliphatic heterocycles. The van der Waals surface area contributed by atoms with Crippen LogP contribution in [0.3, 0.4) is 0 Å². The van der Waals surface area contributed by atoms with E-state index in [2.05, 4.69) is 22.0 Å². The fourth-order valence-electron chi connectivity index (χ4n) is 0.627. The first-order valence-electron chi connectivity index (χ1n) is 2.88. The quantitative estimate of drug-likeness (QED) is 0.661. The van der Waals surface area contributed by atoms with Crippen molar-refractivity contribution in [2.24, 2.45) is 0 Å². The summed E-state index contributed by atoms with van der Waals surface area (Å²) in [6.45, 7) is 2.05. The summed E-state index contributed by atoms with van der Waals surface area (Å²) in [4.78, 5) is 2.34. The van der Waals surface area contributed by atoms with Crippen LogP contribution in [0.2, 0.25) is 0 Å². The van der Waals surface area contributed by atoms with Gasteiger partial charge in [-0.2, -0.15) is 5.26 Å². The number of nitriles is 1. The molecule has 52 valence electrons. The lowest BCUT2D eigenvalue weighted by Gasteiger charge is -1.93. The maximum atomic E-state index is 8.48. The molecule has 1 nitrogen and oxygen atoms in total. The predicted octanol–water partition coefficient (Wildman–Crippen LogP) is 3.08. The van der Waals surface area contributed by atoms with Crippen molar-refractivity contribution >= 4 is 27.3 Å². The first-order valence-corrected chi connectivity index (χ1v) is 4.61. The molecule has 0 aliphatic rings. The second kappa shape index (κ2) is 3.18. The highest BCUT2D eigenvalue weighted by Gasteiger charge is 2.03. The minimum Gasteiger partial charge on any atom is -0.192 e. The van der Waals surface area contributed by atoms with Crippen molar-refractivity contribution < 1.29 is 0 Å². The lowest BCUT2D eigenvalue weighted by molar-refractivity contribution is 1.17. The average molecular weight is 216 g/mol. The number of alkyl halides is 1. The van der Waals surface area contributed by atoms with Gasteiger partial charge in [0.2, 0.25) is 0 Å². The van der Waals surface area contributed by atoms with E-state index in [4.69, 9.17) is 5.26 Å². The normalized spacial score (nSPS) is 12.5. The molecular formula is C7H6BrNS. The average Bonchev–Trinajstić information content (AvgIpc) is 2.34. The monoisotopic (exact) mass is 215 g/mol. The van der Waals surface area contributed by atoms with Gasteiger partial charge in [-0.15, -0.1) is 11.3 Å². The molecule has 1 atom stereocenters. The van der Waals surface area contributed by atoms with Gasteiger partial charge >= 0.3 is 0 Å². The van der Waals surface area contributed by atoms with Crippen molar-refractivity contribution in [3.8, 4) is 6.07 Å². The second-order valence-corrected chi connectivity index (χ2v) is 4.42. The molecule has 0 saturated heterocycles. The van der Waals surface area contributed by atoms with E-state index >= 15 is 0 Å². The Bertz CT molecular complexity index is 259. The highest BCUT2D eigenvalue weighted by molar-refractivity contribution is 9.09. The Morgan fingerprint density at radius 1 is 1.70 bits per heavy atom. The van der Waals surface area contributed by atoms with Crippen LogP contribution in [0.15, 0.2) is 12.1 Å². The minimum atomic E-state index is 0.361. The van der Waals surface area contributed by atoms with Crippen LogP contribution >= 0.6 is 27.3 Å².